The monoisotopic (exact) mass is 260 g/mol. The van der Waals surface area contributed by atoms with Crippen molar-refractivity contribution in [3.63, 3.8) is 0 Å². The highest BCUT2D eigenvalue weighted by Crippen LogP contribution is 2.22. The number of likely N-dealkylation sites (N-methyl/N-ethyl adjacent to an activating group) is 1. The summed E-state index contributed by atoms with van der Waals surface area (Å²) in [5.41, 5.74) is 4.42. The molecular weight excluding hydrogens is 236 g/mol. The fourth-order valence-corrected chi connectivity index (χ4v) is 3.34. The standard InChI is InChI=1S/C16H24N2O/c1-12-16(6-8-19-12)18(2)11-13-3-4-14-5-7-17-10-15(14)9-13/h3-4,9,12,16-17H,5-8,10-11H2,1-2H3. The first kappa shape index (κ1) is 13.1. The zero-order valence-electron chi connectivity index (χ0n) is 12.0. The van der Waals surface area contributed by atoms with Crippen molar-refractivity contribution < 1.29 is 4.74 Å². The van der Waals surface area contributed by atoms with E-state index in [1.54, 1.807) is 0 Å². The number of benzene rings is 1. The summed E-state index contributed by atoms with van der Waals surface area (Å²) in [5.74, 6) is 0. The Morgan fingerprint density at radius 3 is 3.05 bits per heavy atom. The summed E-state index contributed by atoms with van der Waals surface area (Å²) >= 11 is 0. The predicted octanol–water partition coefficient (Wildman–Crippen LogP) is 1.94. The second-order valence-electron chi connectivity index (χ2n) is 5.88. The van der Waals surface area contributed by atoms with E-state index in [4.69, 9.17) is 4.74 Å². The van der Waals surface area contributed by atoms with E-state index < -0.39 is 0 Å². The first-order chi connectivity index (χ1) is 9.24. The van der Waals surface area contributed by atoms with E-state index in [9.17, 15) is 0 Å². The molecular formula is C16H24N2O. The van der Waals surface area contributed by atoms with Gasteiger partial charge >= 0.3 is 0 Å². The van der Waals surface area contributed by atoms with Crippen molar-refractivity contribution in [2.75, 3.05) is 20.2 Å². The van der Waals surface area contributed by atoms with Crippen LogP contribution in [-0.2, 0) is 24.2 Å². The first-order valence-electron chi connectivity index (χ1n) is 7.37. The minimum Gasteiger partial charge on any atom is -0.377 e. The number of ether oxygens (including phenoxy) is 1. The van der Waals surface area contributed by atoms with Crippen LogP contribution in [0.2, 0.25) is 0 Å². The van der Waals surface area contributed by atoms with E-state index >= 15 is 0 Å². The molecule has 3 nitrogen and oxygen atoms in total. The smallest absolute Gasteiger partial charge is 0.0703 e. The molecule has 0 amide bonds. The van der Waals surface area contributed by atoms with E-state index in [1.165, 1.54) is 23.1 Å². The molecule has 104 valence electrons. The highest BCUT2D eigenvalue weighted by Gasteiger charge is 2.27. The van der Waals surface area contributed by atoms with Crippen LogP contribution in [0.1, 0.15) is 30.0 Å². The Morgan fingerprint density at radius 1 is 1.37 bits per heavy atom. The first-order valence-corrected chi connectivity index (χ1v) is 7.37. The van der Waals surface area contributed by atoms with Crippen LogP contribution in [0.5, 0.6) is 0 Å². The maximum absolute atomic E-state index is 5.66. The second-order valence-corrected chi connectivity index (χ2v) is 5.88. The van der Waals surface area contributed by atoms with Crippen molar-refractivity contribution in [3.05, 3.63) is 34.9 Å². The molecule has 2 aliphatic heterocycles. The SMILES string of the molecule is CC1OCCC1N(C)Cc1ccc2c(c1)CNCC2. The van der Waals surface area contributed by atoms with Gasteiger partial charge in [0, 0.05) is 25.7 Å². The average molecular weight is 260 g/mol. The van der Waals surface area contributed by atoms with Crippen LogP contribution in [0.3, 0.4) is 0 Å². The molecule has 0 radical (unpaired) electrons. The molecule has 0 bridgehead atoms. The Balaban J connectivity index is 1.69. The largest absolute Gasteiger partial charge is 0.377 e. The van der Waals surface area contributed by atoms with Crippen LogP contribution in [0.15, 0.2) is 18.2 Å². The lowest BCUT2D eigenvalue weighted by molar-refractivity contribution is 0.0814. The third-order valence-electron chi connectivity index (χ3n) is 4.49. The van der Waals surface area contributed by atoms with Crippen LogP contribution in [-0.4, -0.2) is 37.2 Å². The van der Waals surface area contributed by atoms with E-state index in [0.29, 0.717) is 12.1 Å². The van der Waals surface area contributed by atoms with Gasteiger partial charge in [0.1, 0.15) is 0 Å². The minimum atomic E-state index is 0.365. The van der Waals surface area contributed by atoms with Gasteiger partial charge in [0.25, 0.3) is 0 Å². The van der Waals surface area contributed by atoms with E-state index in [0.717, 1.165) is 32.7 Å². The topological polar surface area (TPSA) is 24.5 Å². The Morgan fingerprint density at radius 2 is 2.26 bits per heavy atom. The molecule has 1 fully saturated rings. The summed E-state index contributed by atoms with van der Waals surface area (Å²) in [6.45, 7) is 6.25. The molecule has 1 aromatic rings. The Labute approximate surface area is 115 Å². The van der Waals surface area contributed by atoms with Crippen LogP contribution < -0.4 is 5.32 Å². The molecule has 0 aliphatic carbocycles. The summed E-state index contributed by atoms with van der Waals surface area (Å²) in [6, 6.07) is 7.54. The summed E-state index contributed by atoms with van der Waals surface area (Å²) in [7, 11) is 2.22. The molecule has 0 spiro atoms. The number of hydrogen-bond acceptors (Lipinski definition) is 3. The summed E-state index contributed by atoms with van der Waals surface area (Å²) < 4.78 is 5.66. The van der Waals surface area contributed by atoms with Gasteiger partial charge in [-0.05, 0) is 50.0 Å². The Bertz CT molecular complexity index is 446. The highest BCUT2D eigenvalue weighted by atomic mass is 16.5. The molecule has 0 aromatic heterocycles. The second kappa shape index (κ2) is 5.61. The number of nitrogens with one attached hydrogen (secondary N) is 1. The van der Waals surface area contributed by atoms with E-state index in [-0.39, 0.29) is 0 Å². The van der Waals surface area contributed by atoms with Gasteiger partial charge in [0.2, 0.25) is 0 Å². The number of hydrogen-bond donors (Lipinski definition) is 1. The molecule has 1 aromatic carbocycles. The molecule has 1 saturated heterocycles. The van der Waals surface area contributed by atoms with Gasteiger partial charge in [-0.15, -0.1) is 0 Å². The lowest BCUT2D eigenvalue weighted by Crippen LogP contribution is -2.36. The van der Waals surface area contributed by atoms with E-state index in [1.807, 2.05) is 0 Å². The Kier molecular flexibility index (Phi) is 3.87. The van der Waals surface area contributed by atoms with Crippen molar-refractivity contribution in [3.8, 4) is 0 Å². The van der Waals surface area contributed by atoms with Gasteiger partial charge in [0.05, 0.1) is 6.10 Å². The highest BCUT2D eigenvalue weighted by molar-refractivity contribution is 5.33. The zero-order chi connectivity index (χ0) is 13.2. The molecule has 1 N–H and O–H groups in total. The van der Waals surface area contributed by atoms with Crippen LogP contribution in [0.4, 0.5) is 0 Å². The quantitative estimate of drug-likeness (QED) is 0.899. The van der Waals surface area contributed by atoms with Crippen LogP contribution in [0, 0.1) is 0 Å². The molecule has 2 atom stereocenters. The van der Waals surface area contributed by atoms with Gasteiger partial charge in [-0.2, -0.15) is 0 Å². The number of nitrogens with zero attached hydrogens (tertiary/aromatic N) is 1. The molecule has 0 saturated carbocycles. The fraction of sp³-hybridized carbons (Fsp3) is 0.625. The zero-order valence-corrected chi connectivity index (χ0v) is 12.0. The molecule has 3 heteroatoms. The third kappa shape index (κ3) is 2.83. The van der Waals surface area contributed by atoms with Crippen molar-refractivity contribution in [2.45, 2.75) is 45.0 Å². The van der Waals surface area contributed by atoms with Gasteiger partial charge in [-0.3, -0.25) is 4.90 Å². The van der Waals surface area contributed by atoms with E-state index in [2.05, 4.69) is 42.4 Å². The van der Waals surface area contributed by atoms with Crippen LogP contribution in [0.25, 0.3) is 0 Å². The van der Waals surface area contributed by atoms with Crippen molar-refractivity contribution >= 4 is 0 Å². The molecule has 2 aliphatic rings. The third-order valence-corrected chi connectivity index (χ3v) is 4.49. The molecule has 19 heavy (non-hydrogen) atoms. The lowest BCUT2D eigenvalue weighted by Gasteiger charge is -2.27. The van der Waals surface area contributed by atoms with Crippen LogP contribution >= 0.6 is 0 Å². The summed E-state index contributed by atoms with van der Waals surface area (Å²) in [4.78, 5) is 2.44. The molecule has 3 rings (SSSR count). The molecule has 2 heterocycles. The average Bonchev–Trinajstić information content (AvgIpc) is 2.85. The maximum atomic E-state index is 5.66. The normalized spacial score (nSPS) is 26.7. The predicted molar refractivity (Wildman–Crippen MR) is 77.1 cm³/mol. The van der Waals surface area contributed by atoms with Crippen molar-refractivity contribution in [1.82, 2.24) is 10.2 Å². The van der Waals surface area contributed by atoms with Gasteiger partial charge in [-0.25, -0.2) is 0 Å². The fourth-order valence-electron chi connectivity index (χ4n) is 3.34. The van der Waals surface area contributed by atoms with Gasteiger partial charge in [-0.1, -0.05) is 18.2 Å². The summed E-state index contributed by atoms with van der Waals surface area (Å²) in [6.07, 6.45) is 2.69. The van der Waals surface area contributed by atoms with Gasteiger partial charge < -0.3 is 10.1 Å². The minimum absolute atomic E-state index is 0.365. The van der Waals surface area contributed by atoms with Crippen molar-refractivity contribution in [1.29, 1.82) is 0 Å². The number of fused-ring (bicyclic) bond motifs is 1. The summed E-state index contributed by atoms with van der Waals surface area (Å²) in [5, 5.41) is 3.45. The van der Waals surface area contributed by atoms with Gasteiger partial charge in [0.15, 0.2) is 0 Å². The Hall–Kier alpha value is -0.900. The number of rotatable bonds is 3. The van der Waals surface area contributed by atoms with Crippen molar-refractivity contribution in [2.24, 2.45) is 0 Å². The molecule has 2 unspecified atom stereocenters. The maximum Gasteiger partial charge on any atom is 0.0703 e. The lowest BCUT2D eigenvalue weighted by atomic mass is 9.98.